The van der Waals surface area contributed by atoms with Crippen molar-refractivity contribution in [2.75, 3.05) is 20.2 Å². The first-order valence-corrected chi connectivity index (χ1v) is 8.99. The number of hydrogen-bond acceptors (Lipinski definition) is 4. The predicted molar refractivity (Wildman–Crippen MR) is 103 cm³/mol. The first-order chi connectivity index (χ1) is 12.3. The summed E-state index contributed by atoms with van der Waals surface area (Å²) in [4.78, 5) is 28.0. The molecule has 1 aromatic heterocycles. The van der Waals surface area contributed by atoms with Crippen LogP contribution in [0.1, 0.15) is 29.8 Å². The van der Waals surface area contributed by atoms with Gasteiger partial charge in [0.1, 0.15) is 5.56 Å². The summed E-state index contributed by atoms with van der Waals surface area (Å²) in [6, 6.07) is 5.96. The van der Waals surface area contributed by atoms with Crippen LogP contribution in [-0.4, -0.2) is 53.8 Å². The van der Waals surface area contributed by atoms with Gasteiger partial charge >= 0.3 is 0 Å². The van der Waals surface area contributed by atoms with Gasteiger partial charge in [-0.3, -0.25) is 14.5 Å². The van der Waals surface area contributed by atoms with Gasteiger partial charge in [-0.25, -0.2) is 0 Å². The van der Waals surface area contributed by atoms with Gasteiger partial charge in [0.15, 0.2) is 0 Å². The van der Waals surface area contributed by atoms with Gasteiger partial charge in [-0.05, 0) is 32.9 Å². The van der Waals surface area contributed by atoms with E-state index in [9.17, 15) is 9.59 Å². The smallest absolute Gasteiger partial charge is 0.257 e. The monoisotopic (exact) mass is 357 g/mol. The minimum absolute atomic E-state index is 0.0760. The molecule has 3 rings (SSSR count). The molecule has 0 unspecified atom stereocenters. The van der Waals surface area contributed by atoms with Crippen LogP contribution >= 0.6 is 0 Å². The molecule has 6 nitrogen and oxygen atoms in total. The highest BCUT2D eigenvalue weighted by Gasteiger charge is 2.35. The van der Waals surface area contributed by atoms with Gasteiger partial charge in [0.2, 0.25) is 5.43 Å². The summed E-state index contributed by atoms with van der Waals surface area (Å²) in [6.07, 6.45) is 1.54. The summed E-state index contributed by atoms with van der Waals surface area (Å²) >= 11 is 0. The molecule has 2 heterocycles. The fraction of sp³-hybridized carbons (Fsp3) is 0.500. The van der Waals surface area contributed by atoms with E-state index in [0.29, 0.717) is 11.4 Å². The average Bonchev–Trinajstić information content (AvgIpc) is 3.01. The molecule has 1 fully saturated rings. The number of aromatic nitrogens is 1. The number of carbonyl (C=O) groups is 1. The second-order valence-electron chi connectivity index (χ2n) is 7.41. The van der Waals surface area contributed by atoms with Crippen molar-refractivity contribution in [3.8, 4) is 0 Å². The number of nitrogens with one attached hydrogen (secondary N) is 1. The topological polar surface area (TPSA) is 63.6 Å². The molecule has 1 saturated heterocycles. The zero-order valence-electron chi connectivity index (χ0n) is 16.1. The van der Waals surface area contributed by atoms with Crippen LogP contribution in [-0.2, 0) is 11.8 Å². The highest BCUT2D eigenvalue weighted by atomic mass is 16.5. The molecule has 0 spiro atoms. The van der Waals surface area contributed by atoms with Crippen molar-refractivity contribution in [2.45, 2.75) is 39.0 Å². The van der Waals surface area contributed by atoms with E-state index in [1.165, 1.54) is 0 Å². The number of benzene rings is 1. The lowest BCUT2D eigenvalue weighted by atomic mass is 10.1. The second-order valence-corrected chi connectivity index (χ2v) is 7.41. The number of aryl methyl sites for hydroxylation is 2. The van der Waals surface area contributed by atoms with Crippen molar-refractivity contribution in [3.05, 3.63) is 45.7 Å². The summed E-state index contributed by atoms with van der Waals surface area (Å²) in [5.41, 5.74) is 1.75. The Bertz CT molecular complexity index is 888. The lowest BCUT2D eigenvalue weighted by Crippen LogP contribution is -2.45. The Labute approximate surface area is 153 Å². The first-order valence-electron chi connectivity index (χ1n) is 8.99. The first kappa shape index (κ1) is 18.6. The average molecular weight is 357 g/mol. The van der Waals surface area contributed by atoms with Crippen molar-refractivity contribution >= 4 is 16.8 Å². The van der Waals surface area contributed by atoms with E-state index in [1.807, 2.05) is 36.7 Å². The molecule has 0 saturated carbocycles. The van der Waals surface area contributed by atoms with E-state index in [-0.39, 0.29) is 29.0 Å². The summed E-state index contributed by atoms with van der Waals surface area (Å²) in [5.74, 6) is -0.341. The Morgan fingerprint density at radius 2 is 2.04 bits per heavy atom. The van der Waals surface area contributed by atoms with Crippen molar-refractivity contribution in [1.29, 1.82) is 0 Å². The number of rotatable bonds is 4. The largest absolute Gasteiger partial charge is 0.378 e. The Morgan fingerprint density at radius 3 is 2.69 bits per heavy atom. The van der Waals surface area contributed by atoms with E-state index in [4.69, 9.17) is 4.74 Å². The molecule has 2 atom stereocenters. The number of pyridine rings is 1. The maximum atomic E-state index is 12.9. The fourth-order valence-electron chi connectivity index (χ4n) is 3.62. The molecule has 6 heteroatoms. The van der Waals surface area contributed by atoms with Gasteiger partial charge < -0.3 is 14.6 Å². The van der Waals surface area contributed by atoms with Gasteiger partial charge in [0.05, 0.1) is 17.7 Å². The van der Waals surface area contributed by atoms with Crippen LogP contribution in [0.3, 0.4) is 0 Å². The molecule has 1 aliphatic heterocycles. The van der Waals surface area contributed by atoms with Crippen LogP contribution < -0.4 is 10.7 Å². The van der Waals surface area contributed by atoms with Crippen molar-refractivity contribution in [2.24, 2.45) is 7.05 Å². The van der Waals surface area contributed by atoms with Gasteiger partial charge in [-0.2, -0.15) is 0 Å². The molecular weight excluding hydrogens is 330 g/mol. The molecule has 0 aliphatic carbocycles. The van der Waals surface area contributed by atoms with Crippen molar-refractivity contribution in [1.82, 2.24) is 14.8 Å². The number of nitrogens with zero attached hydrogens (tertiary/aromatic N) is 2. The number of carbonyl (C=O) groups excluding carboxylic acids is 1. The van der Waals surface area contributed by atoms with Crippen LogP contribution in [0.5, 0.6) is 0 Å². The number of fused-ring (bicyclic) bond motifs is 1. The Balaban J connectivity index is 1.91. The van der Waals surface area contributed by atoms with Crippen LogP contribution in [0.25, 0.3) is 10.9 Å². The van der Waals surface area contributed by atoms with E-state index >= 15 is 0 Å². The Hall–Kier alpha value is -2.18. The fourth-order valence-corrected chi connectivity index (χ4v) is 3.62. The molecule has 140 valence electrons. The standard InChI is InChI=1S/C20H27N3O3/c1-12(2)23-10-16(18(11-23)26-5)21-20(25)15-9-22(4)17-7-6-13(3)8-14(17)19(15)24/h6-9,12,16,18H,10-11H2,1-5H3,(H,21,25)/t16-,18-/m1/s1. The molecule has 0 radical (unpaired) electrons. The maximum Gasteiger partial charge on any atom is 0.257 e. The molecule has 2 aromatic rings. The van der Waals surface area contributed by atoms with Crippen molar-refractivity contribution < 1.29 is 9.53 Å². The normalized spacial score (nSPS) is 20.8. The number of amides is 1. The second kappa shape index (κ2) is 7.21. The van der Waals surface area contributed by atoms with Crippen LogP contribution in [0.4, 0.5) is 0 Å². The third-order valence-corrected chi connectivity index (χ3v) is 5.23. The quantitative estimate of drug-likeness (QED) is 0.904. The summed E-state index contributed by atoms with van der Waals surface area (Å²) in [5, 5.41) is 3.58. The molecule has 1 amide bonds. The molecule has 1 aromatic carbocycles. The highest BCUT2D eigenvalue weighted by molar-refractivity contribution is 5.97. The van der Waals surface area contributed by atoms with Crippen LogP contribution in [0.2, 0.25) is 0 Å². The third-order valence-electron chi connectivity index (χ3n) is 5.23. The number of ether oxygens (including phenoxy) is 1. The van der Waals surface area contributed by atoms with Crippen LogP contribution in [0.15, 0.2) is 29.2 Å². The van der Waals surface area contributed by atoms with E-state index in [2.05, 4.69) is 24.1 Å². The van der Waals surface area contributed by atoms with E-state index in [1.54, 1.807) is 13.3 Å². The molecular formula is C20H27N3O3. The van der Waals surface area contributed by atoms with Gasteiger partial charge in [0.25, 0.3) is 5.91 Å². The maximum absolute atomic E-state index is 12.9. The number of likely N-dealkylation sites (tertiary alicyclic amines) is 1. The lowest BCUT2D eigenvalue weighted by molar-refractivity contribution is 0.0752. The minimum atomic E-state index is -0.341. The van der Waals surface area contributed by atoms with Gasteiger partial charge in [-0.15, -0.1) is 0 Å². The van der Waals surface area contributed by atoms with E-state index in [0.717, 1.165) is 24.2 Å². The third kappa shape index (κ3) is 3.39. The van der Waals surface area contributed by atoms with Crippen LogP contribution in [0, 0.1) is 6.92 Å². The SMILES string of the molecule is CO[C@@H]1CN(C(C)C)C[C@H]1NC(=O)c1cn(C)c2ccc(C)cc2c1=O. The highest BCUT2D eigenvalue weighted by Crippen LogP contribution is 2.17. The summed E-state index contributed by atoms with van der Waals surface area (Å²) in [7, 11) is 3.51. The Kier molecular flexibility index (Phi) is 5.16. The zero-order valence-corrected chi connectivity index (χ0v) is 16.1. The summed E-state index contributed by atoms with van der Waals surface area (Å²) in [6.45, 7) is 7.67. The van der Waals surface area contributed by atoms with E-state index < -0.39 is 0 Å². The molecule has 1 N–H and O–H groups in total. The molecule has 26 heavy (non-hydrogen) atoms. The number of methoxy groups -OCH3 is 1. The molecule has 0 bridgehead atoms. The zero-order chi connectivity index (χ0) is 19.0. The van der Waals surface area contributed by atoms with Gasteiger partial charge in [-0.1, -0.05) is 11.6 Å². The number of hydrogen-bond donors (Lipinski definition) is 1. The minimum Gasteiger partial charge on any atom is -0.378 e. The summed E-state index contributed by atoms with van der Waals surface area (Å²) < 4.78 is 7.37. The predicted octanol–water partition coefficient (Wildman–Crippen LogP) is 1.68. The van der Waals surface area contributed by atoms with Crippen molar-refractivity contribution in [3.63, 3.8) is 0 Å². The van der Waals surface area contributed by atoms with Gasteiger partial charge in [0, 0.05) is 44.9 Å². The lowest BCUT2D eigenvalue weighted by Gasteiger charge is -2.20. The Morgan fingerprint density at radius 1 is 1.31 bits per heavy atom. The molecule has 1 aliphatic rings.